The monoisotopic (exact) mass is 493 g/mol. The normalized spacial score (nSPS) is 11.5. The molecule has 0 fully saturated rings. The molecule has 11 heteroatoms. The number of aryl methyl sites for hydroxylation is 1. The lowest BCUT2D eigenvalue weighted by molar-refractivity contribution is 0.0991. The SMILES string of the molecule is Cc1ccc(-c2n[nH]c(C(N)=O)n2)cc1-c1cc(S(=O)(=O)NCCc2ccccc2)c(O)cc1O. The Kier molecular flexibility index (Phi) is 6.54. The fourth-order valence-corrected chi connectivity index (χ4v) is 4.73. The zero-order chi connectivity index (χ0) is 25.2. The second kappa shape index (κ2) is 9.57. The van der Waals surface area contributed by atoms with Crippen LogP contribution in [0, 0.1) is 6.92 Å². The fraction of sp³-hybridized carbons (Fsp3) is 0.125. The van der Waals surface area contributed by atoms with Gasteiger partial charge in [-0.05, 0) is 42.2 Å². The standard InChI is InChI=1S/C24H23N5O5S/c1-14-7-8-16(23-27-24(22(25)32)29-28-23)11-17(14)18-12-21(20(31)13-19(18)30)35(33,34)26-10-9-15-5-3-2-4-6-15/h2-8,11-13,26,30-31H,9-10H2,1H3,(H2,25,32)(H,27,28,29). The molecule has 0 saturated carbocycles. The van der Waals surface area contributed by atoms with E-state index in [1.807, 2.05) is 30.3 Å². The number of carbonyl (C=O) groups is 1. The largest absolute Gasteiger partial charge is 0.507 e. The first-order valence-electron chi connectivity index (χ1n) is 10.6. The van der Waals surface area contributed by atoms with E-state index in [1.165, 1.54) is 6.07 Å². The van der Waals surface area contributed by atoms with Gasteiger partial charge in [0.2, 0.25) is 15.8 Å². The summed E-state index contributed by atoms with van der Waals surface area (Å²) in [7, 11) is -4.08. The summed E-state index contributed by atoms with van der Waals surface area (Å²) in [5, 5.41) is 27.3. The van der Waals surface area contributed by atoms with Crippen LogP contribution in [-0.2, 0) is 16.4 Å². The van der Waals surface area contributed by atoms with Gasteiger partial charge in [-0.1, -0.05) is 42.5 Å². The average molecular weight is 494 g/mol. The van der Waals surface area contributed by atoms with Gasteiger partial charge < -0.3 is 15.9 Å². The predicted molar refractivity (Wildman–Crippen MR) is 129 cm³/mol. The molecule has 35 heavy (non-hydrogen) atoms. The summed E-state index contributed by atoms with van der Waals surface area (Å²) in [4.78, 5) is 15.0. The van der Waals surface area contributed by atoms with Crippen LogP contribution in [0.4, 0.5) is 0 Å². The Labute approximate surface area is 201 Å². The smallest absolute Gasteiger partial charge is 0.286 e. The molecular weight excluding hydrogens is 470 g/mol. The maximum atomic E-state index is 13.0. The Hall–Kier alpha value is -4.22. The quantitative estimate of drug-likeness (QED) is 0.251. The van der Waals surface area contributed by atoms with Crippen molar-refractivity contribution < 1.29 is 23.4 Å². The van der Waals surface area contributed by atoms with Crippen LogP contribution in [0.2, 0.25) is 0 Å². The summed E-state index contributed by atoms with van der Waals surface area (Å²) in [6.45, 7) is 1.91. The topological polar surface area (TPSA) is 171 Å². The zero-order valence-electron chi connectivity index (χ0n) is 18.7. The number of rotatable bonds is 8. The number of nitrogens with two attached hydrogens (primary N) is 1. The molecule has 10 nitrogen and oxygen atoms in total. The molecule has 0 spiro atoms. The third-order valence-corrected chi connectivity index (χ3v) is 6.91. The van der Waals surface area contributed by atoms with Gasteiger partial charge in [0.15, 0.2) is 5.82 Å². The van der Waals surface area contributed by atoms with E-state index >= 15 is 0 Å². The third-order valence-electron chi connectivity index (χ3n) is 5.42. The number of carbonyl (C=O) groups excluding carboxylic acids is 1. The van der Waals surface area contributed by atoms with E-state index in [0.29, 0.717) is 17.5 Å². The van der Waals surface area contributed by atoms with Gasteiger partial charge >= 0.3 is 0 Å². The molecule has 0 aliphatic rings. The molecular formula is C24H23N5O5S. The van der Waals surface area contributed by atoms with Gasteiger partial charge in [0.1, 0.15) is 16.4 Å². The van der Waals surface area contributed by atoms with Crippen molar-refractivity contribution in [2.45, 2.75) is 18.2 Å². The van der Waals surface area contributed by atoms with E-state index in [0.717, 1.165) is 17.2 Å². The van der Waals surface area contributed by atoms with Crippen molar-refractivity contribution in [1.82, 2.24) is 19.9 Å². The van der Waals surface area contributed by atoms with Gasteiger partial charge in [-0.25, -0.2) is 18.1 Å². The maximum Gasteiger partial charge on any atom is 0.286 e. The summed E-state index contributed by atoms with van der Waals surface area (Å²) < 4.78 is 28.4. The summed E-state index contributed by atoms with van der Waals surface area (Å²) >= 11 is 0. The molecule has 1 heterocycles. The van der Waals surface area contributed by atoms with Gasteiger partial charge in [-0.2, -0.15) is 5.10 Å². The van der Waals surface area contributed by atoms with Crippen molar-refractivity contribution in [2.75, 3.05) is 6.54 Å². The number of sulfonamides is 1. The van der Waals surface area contributed by atoms with E-state index in [2.05, 4.69) is 19.9 Å². The number of hydrogen-bond donors (Lipinski definition) is 5. The van der Waals surface area contributed by atoms with Crippen LogP contribution in [0.15, 0.2) is 65.6 Å². The van der Waals surface area contributed by atoms with Gasteiger partial charge in [0.25, 0.3) is 5.91 Å². The number of aromatic hydroxyl groups is 2. The molecule has 3 aromatic carbocycles. The van der Waals surface area contributed by atoms with Crippen molar-refractivity contribution in [1.29, 1.82) is 0 Å². The summed E-state index contributed by atoms with van der Waals surface area (Å²) in [6, 6.07) is 16.7. The Morgan fingerprint density at radius 1 is 1.03 bits per heavy atom. The predicted octanol–water partition coefficient (Wildman–Crippen LogP) is 2.48. The maximum absolute atomic E-state index is 13.0. The van der Waals surface area contributed by atoms with E-state index in [-0.39, 0.29) is 34.4 Å². The Morgan fingerprint density at radius 2 is 1.77 bits per heavy atom. The van der Waals surface area contributed by atoms with Crippen LogP contribution in [0.1, 0.15) is 21.7 Å². The number of nitrogens with one attached hydrogen (secondary N) is 2. The van der Waals surface area contributed by atoms with E-state index in [1.54, 1.807) is 25.1 Å². The van der Waals surface area contributed by atoms with Crippen LogP contribution in [0.3, 0.4) is 0 Å². The van der Waals surface area contributed by atoms with Crippen LogP contribution >= 0.6 is 0 Å². The molecule has 0 radical (unpaired) electrons. The first-order valence-corrected chi connectivity index (χ1v) is 12.1. The number of hydrogen-bond acceptors (Lipinski definition) is 7. The molecule has 4 aromatic rings. The Bertz CT molecular complexity index is 1500. The molecule has 0 saturated heterocycles. The Balaban J connectivity index is 1.67. The number of aromatic amines is 1. The highest BCUT2D eigenvalue weighted by Gasteiger charge is 2.23. The summed E-state index contributed by atoms with van der Waals surface area (Å²) in [5.74, 6) is -1.55. The van der Waals surface area contributed by atoms with Crippen LogP contribution in [-0.4, -0.2) is 46.3 Å². The van der Waals surface area contributed by atoms with E-state index in [9.17, 15) is 23.4 Å². The second-order valence-corrected chi connectivity index (χ2v) is 9.61. The highest BCUT2D eigenvalue weighted by atomic mass is 32.2. The molecule has 1 aromatic heterocycles. The number of amides is 1. The number of primary amides is 1. The van der Waals surface area contributed by atoms with Gasteiger partial charge in [-0.3, -0.25) is 9.89 Å². The molecule has 6 N–H and O–H groups in total. The first kappa shape index (κ1) is 23.9. The molecule has 180 valence electrons. The van der Waals surface area contributed by atoms with Gasteiger partial charge in [0.05, 0.1) is 0 Å². The minimum atomic E-state index is -4.08. The number of H-pyrrole nitrogens is 1. The first-order chi connectivity index (χ1) is 16.7. The second-order valence-electron chi connectivity index (χ2n) is 7.87. The fourth-order valence-electron chi connectivity index (χ4n) is 3.59. The molecule has 0 unspecified atom stereocenters. The average Bonchev–Trinajstić information content (AvgIpc) is 3.31. The number of nitrogens with zero attached hydrogens (tertiary/aromatic N) is 2. The lowest BCUT2D eigenvalue weighted by Gasteiger charge is -2.14. The highest BCUT2D eigenvalue weighted by molar-refractivity contribution is 7.89. The molecule has 0 aliphatic carbocycles. The summed E-state index contributed by atoms with van der Waals surface area (Å²) in [6.07, 6.45) is 0.469. The van der Waals surface area contributed by atoms with Gasteiger partial charge in [-0.15, -0.1) is 0 Å². The van der Waals surface area contributed by atoms with Crippen LogP contribution < -0.4 is 10.5 Å². The van der Waals surface area contributed by atoms with Crippen molar-refractivity contribution >= 4 is 15.9 Å². The molecule has 0 aliphatic heterocycles. The van der Waals surface area contributed by atoms with Crippen molar-refractivity contribution in [3.8, 4) is 34.0 Å². The molecule has 0 bridgehead atoms. The number of phenols is 2. The zero-order valence-corrected chi connectivity index (χ0v) is 19.5. The van der Waals surface area contributed by atoms with Crippen molar-refractivity contribution in [3.05, 3.63) is 77.6 Å². The molecule has 4 rings (SSSR count). The van der Waals surface area contributed by atoms with Gasteiger partial charge in [0, 0.05) is 23.7 Å². The lowest BCUT2D eigenvalue weighted by Crippen LogP contribution is -2.26. The minimum Gasteiger partial charge on any atom is -0.507 e. The minimum absolute atomic E-state index is 0.107. The van der Waals surface area contributed by atoms with E-state index < -0.39 is 21.7 Å². The third kappa shape index (κ3) is 5.15. The summed E-state index contributed by atoms with van der Waals surface area (Å²) in [5.41, 5.74) is 8.09. The molecule has 1 amide bonds. The number of benzene rings is 3. The van der Waals surface area contributed by atoms with Crippen LogP contribution in [0.5, 0.6) is 11.5 Å². The Morgan fingerprint density at radius 3 is 2.46 bits per heavy atom. The number of phenolic OH excluding ortho intramolecular Hbond substituents is 2. The number of aromatic nitrogens is 3. The van der Waals surface area contributed by atoms with Crippen molar-refractivity contribution in [3.63, 3.8) is 0 Å². The molecule has 0 atom stereocenters. The van der Waals surface area contributed by atoms with Crippen LogP contribution in [0.25, 0.3) is 22.5 Å². The lowest BCUT2D eigenvalue weighted by atomic mass is 9.97. The van der Waals surface area contributed by atoms with Crippen molar-refractivity contribution in [2.24, 2.45) is 5.73 Å². The highest BCUT2D eigenvalue weighted by Crippen LogP contribution is 2.39. The van der Waals surface area contributed by atoms with E-state index in [4.69, 9.17) is 5.73 Å².